The van der Waals surface area contributed by atoms with Gasteiger partial charge in [-0.2, -0.15) is 0 Å². The number of carbonyl (C=O) groups is 7. The molecule has 29 heteroatoms. The number of aliphatic carboxylic acids is 1. The molecule has 0 bridgehead atoms. The lowest BCUT2D eigenvalue weighted by Gasteiger charge is -2.35. The highest BCUT2D eigenvalue weighted by Gasteiger charge is 2.38. The predicted molar refractivity (Wildman–Crippen MR) is 383 cm³/mol. The molecule has 544 valence electrons. The molecule has 0 unspecified atom stereocenters. The van der Waals surface area contributed by atoms with Crippen molar-refractivity contribution >= 4 is 106 Å². The maximum atomic E-state index is 12.5. The number of amides is 6. The van der Waals surface area contributed by atoms with E-state index in [1.165, 1.54) is 32.8 Å². The lowest BCUT2D eigenvalue weighted by Crippen LogP contribution is -2.43. The van der Waals surface area contributed by atoms with Crippen LogP contribution in [0.4, 0.5) is 9.59 Å². The third-order valence-corrected chi connectivity index (χ3v) is 23.3. The first-order valence-corrected chi connectivity index (χ1v) is 37.6. The number of carbonyl (C=O) groups excluding carboxylic acids is 6. The maximum Gasteiger partial charge on any atom is 0.410 e. The molecule has 6 aliphatic rings. The number of aromatic nitrogens is 6. The van der Waals surface area contributed by atoms with Crippen LogP contribution in [0.25, 0.3) is 30.6 Å². The zero-order valence-corrected chi connectivity index (χ0v) is 62.2. The number of fused-ring (bicyclic) bond motifs is 9. The summed E-state index contributed by atoms with van der Waals surface area (Å²) in [7, 11) is 11.0. The number of carboxylic acid groups (broad SMARTS) is 1. The van der Waals surface area contributed by atoms with Crippen LogP contribution in [-0.4, -0.2) is 195 Å². The zero-order valence-electron chi connectivity index (χ0n) is 59.8. The summed E-state index contributed by atoms with van der Waals surface area (Å²) >= 11 is 4.95. The van der Waals surface area contributed by atoms with Crippen molar-refractivity contribution in [3.63, 3.8) is 0 Å². The molecular weight excluding hydrogens is 1340 g/mol. The standard InChI is InChI=1S/C26H37N5O5S.C23H31N3O5S.C22H31N5O3S/c1-26(2,3)36-25(34)31(5)16-7-9-17(10-8-16)35-23-22-21-15(12-19(32)28-13-20(33)27-4)6-11-18(21)37-24(22)30-14-29-23;1-23(2,3)31-22(29)26(4)14-6-8-15(9-7-14)30-20-19-18-13(11-17(27)28)5-10-16(18)32-21(19)25-12-24-20;1-23-18(29)11-24-17(28)10-13-4-9-16-19(13)20-21(25-12-26-22(20)31-16)30-15-7-5-14(6-8-15)27(2)3/h14-17H,6-13H2,1-5H3,(H,27,33)(H,28,32);12-15H,5-11H2,1-4H3,(H,27,28);12-15H,4-11H2,1-3H3,(H,23,29)(H,24,28)/t15-,16?,17?;2*13-,14?,15?/m111/s1. The summed E-state index contributed by atoms with van der Waals surface area (Å²) in [5.74, 6) is 0.469. The van der Waals surface area contributed by atoms with E-state index < -0.39 is 17.2 Å². The van der Waals surface area contributed by atoms with Gasteiger partial charge < -0.3 is 64.8 Å². The van der Waals surface area contributed by atoms with Crippen molar-refractivity contribution < 1.29 is 62.4 Å². The van der Waals surface area contributed by atoms with Crippen molar-refractivity contribution in [1.82, 2.24) is 65.9 Å². The molecule has 6 heterocycles. The largest absolute Gasteiger partial charge is 0.481 e. The van der Waals surface area contributed by atoms with Crippen molar-refractivity contribution in [1.29, 1.82) is 0 Å². The van der Waals surface area contributed by atoms with E-state index >= 15 is 0 Å². The van der Waals surface area contributed by atoms with E-state index in [2.05, 4.69) is 70.2 Å². The Morgan fingerprint density at radius 3 is 1.05 bits per heavy atom. The molecule has 6 amide bonds. The lowest BCUT2D eigenvalue weighted by atomic mass is 9.92. The zero-order chi connectivity index (χ0) is 71.7. The summed E-state index contributed by atoms with van der Waals surface area (Å²) in [6, 6.07) is 0.858. The molecule has 3 saturated carbocycles. The minimum Gasteiger partial charge on any atom is -0.481 e. The number of thiophene rings is 3. The van der Waals surface area contributed by atoms with Gasteiger partial charge in [-0.1, -0.05) is 0 Å². The highest BCUT2D eigenvalue weighted by atomic mass is 32.1. The van der Waals surface area contributed by atoms with Crippen LogP contribution in [0.5, 0.6) is 17.6 Å². The SMILES string of the molecule is CN(C(=O)OC(C)(C)C)C1CCC(Oc2ncnc3sc4c(c23)[C@@H](CC(=O)O)CC4)CC1.CNC(=O)CNC(=O)C[C@H]1CCc2sc3ncnc(OC4CCC(N(C)C(=O)OC(C)(C)C)CC4)c3c21.CNC(=O)CNC(=O)C[C@H]1CCc2sc3ncnc(OC4CCC(N(C)C)CC4)c3c21. The van der Waals surface area contributed by atoms with Gasteiger partial charge in [-0.15, -0.1) is 34.0 Å². The van der Waals surface area contributed by atoms with Gasteiger partial charge in [0.25, 0.3) is 0 Å². The van der Waals surface area contributed by atoms with E-state index in [0.29, 0.717) is 36.5 Å². The molecule has 6 aromatic heterocycles. The number of nitrogens with one attached hydrogen (secondary N) is 4. The third kappa shape index (κ3) is 18.9. The summed E-state index contributed by atoms with van der Waals surface area (Å²) < 4.78 is 30.2. The van der Waals surface area contributed by atoms with Gasteiger partial charge in [-0.05, 0) is 206 Å². The van der Waals surface area contributed by atoms with Gasteiger partial charge in [-0.25, -0.2) is 39.5 Å². The highest BCUT2D eigenvalue weighted by Crippen LogP contribution is 2.51. The fourth-order valence-corrected chi connectivity index (χ4v) is 18.3. The maximum absolute atomic E-state index is 12.5. The van der Waals surface area contributed by atoms with Crippen LogP contribution >= 0.6 is 34.0 Å². The minimum atomic E-state index is -0.783. The number of hydrogen-bond donors (Lipinski definition) is 5. The average molecular weight is 1440 g/mol. The molecule has 12 rings (SSSR count). The summed E-state index contributed by atoms with van der Waals surface area (Å²) in [5, 5.41) is 22.5. The Balaban J connectivity index is 0.000000163. The Morgan fingerprint density at radius 2 is 0.760 bits per heavy atom. The molecule has 0 radical (unpaired) electrons. The van der Waals surface area contributed by atoms with Crippen molar-refractivity contribution in [2.24, 2.45) is 0 Å². The summed E-state index contributed by atoms with van der Waals surface area (Å²) in [5.41, 5.74) is 2.33. The van der Waals surface area contributed by atoms with Crippen LogP contribution in [0.2, 0.25) is 0 Å². The Labute approximate surface area is 596 Å². The van der Waals surface area contributed by atoms with Gasteiger partial charge in [0.05, 0.1) is 35.7 Å². The topological polar surface area (TPSA) is 321 Å². The van der Waals surface area contributed by atoms with Gasteiger partial charge >= 0.3 is 18.2 Å². The van der Waals surface area contributed by atoms with Gasteiger partial charge in [0, 0.05) is 73.8 Å². The van der Waals surface area contributed by atoms with Crippen LogP contribution in [0.1, 0.15) is 206 Å². The molecular formula is C71H99N13O13S3. The van der Waals surface area contributed by atoms with Crippen molar-refractivity contribution in [2.75, 3.05) is 55.4 Å². The Hall–Kier alpha value is -7.63. The minimum absolute atomic E-state index is 0.00580. The van der Waals surface area contributed by atoms with Crippen molar-refractivity contribution in [3.05, 3.63) is 50.3 Å². The molecule has 0 spiro atoms. The van der Waals surface area contributed by atoms with Crippen LogP contribution in [-0.2, 0) is 52.7 Å². The predicted octanol–water partition coefficient (Wildman–Crippen LogP) is 10.5. The molecule has 6 aliphatic carbocycles. The number of likely N-dealkylation sites (N-methyl/N-ethyl adjacent to an activating group) is 2. The number of ether oxygens (including phenoxy) is 5. The molecule has 26 nitrogen and oxygen atoms in total. The van der Waals surface area contributed by atoms with Gasteiger partial charge in [0.1, 0.15) is 63.0 Å². The average Bonchev–Trinajstić information content (AvgIpc) is 1.62. The van der Waals surface area contributed by atoms with E-state index in [1.54, 1.807) is 78.3 Å². The van der Waals surface area contributed by atoms with Crippen LogP contribution in [0.15, 0.2) is 19.0 Å². The molecule has 6 aromatic rings. The Kier molecular flexibility index (Phi) is 24.8. The first kappa shape index (κ1) is 75.0. The molecule has 3 atom stereocenters. The highest BCUT2D eigenvalue weighted by molar-refractivity contribution is 7.19. The molecule has 0 aromatic carbocycles. The van der Waals surface area contributed by atoms with Gasteiger partial charge in [0.2, 0.25) is 41.3 Å². The van der Waals surface area contributed by atoms with E-state index in [4.69, 9.17) is 23.7 Å². The first-order chi connectivity index (χ1) is 47.6. The second-order valence-electron chi connectivity index (χ2n) is 29.3. The molecule has 0 saturated heterocycles. The quantitative estimate of drug-likeness (QED) is 0.0503. The van der Waals surface area contributed by atoms with E-state index in [-0.39, 0.29) is 103 Å². The fourth-order valence-electron chi connectivity index (χ4n) is 14.6. The number of aryl methyl sites for hydroxylation is 3. The monoisotopic (exact) mass is 1440 g/mol. The molecule has 3 fully saturated rings. The smallest absolute Gasteiger partial charge is 0.410 e. The van der Waals surface area contributed by atoms with E-state index in [1.807, 2.05) is 41.5 Å². The van der Waals surface area contributed by atoms with Crippen molar-refractivity contribution in [2.45, 2.75) is 242 Å². The Morgan fingerprint density at radius 1 is 0.450 bits per heavy atom. The van der Waals surface area contributed by atoms with Crippen LogP contribution < -0.4 is 35.5 Å². The summed E-state index contributed by atoms with van der Waals surface area (Å²) in [4.78, 5) is 123. The molecule has 5 N–H and O–H groups in total. The fraction of sp³-hybridized carbons (Fsp3) is 0.648. The lowest BCUT2D eigenvalue weighted by molar-refractivity contribution is -0.137. The second-order valence-corrected chi connectivity index (χ2v) is 32.5. The molecule has 0 aliphatic heterocycles. The summed E-state index contributed by atoms with van der Waals surface area (Å²) in [6.45, 7) is 11.2. The first-order valence-electron chi connectivity index (χ1n) is 35.2. The number of rotatable bonds is 19. The number of nitrogens with zero attached hydrogens (tertiary/aromatic N) is 9. The Bertz CT molecular complexity index is 3900. The van der Waals surface area contributed by atoms with Crippen LogP contribution in [0.3, 0.4) is 0 Å². The van der Waals surface area contributed by atoms with E-state index in [9.17, 15) is 38.7 Å². The normalized spacial score (nSPS) is 22.4. The van der Waals surface area contributed by atoms with E-state index in [0.717, 1.165) is 157 Å². The third-order valence-electron chi connectivity index (χ3n) is 19.8. The number of carboxylic acids is 1. The van der Waals surface area contributed by atoms with Gasteiger partial charge in [-0.3, -0.25) is 24.0 Å². The number of hydrogen-bond acceptors (Lipinski definition) is 22. The van der Waals surface area contributed by atoms with Crippen molar-refractivity contribution in [3.8, 4) is 17.6 Å². The molecule has 100 heavy (non-hydrogen) atoms. The summed E-state index contributed by atoms with van der Waals surface area (Å²) in [6.07, 6.45) is 21.2. The van der Waals surface area contributed by atoms with Gasteiger partial charge in [0.15, 0.2) is 0 Å². The second kappa shape index (κ2) is 33.0. The van der Waals surface area contributed by atoms with Crippen LogP contribution in [0, 0.1) is 0 Å².